The molecule has 5 nitrogen and oxygen atoms in total. The van der Waals surface area contributed by atoms with E-state index < -0.39 is 11.7 Å². The van der Waals surface area contributed by atoms with Gasteiger partial charge in [-0.05, 0) is 57.9 Å². The second kappa shape index (κ2) is 9.35. The largest absolute Gasteiger partial charge is 0.444 e. The summed E-state index contributed by atoms with van der Waals surface area (Å²) in [4.78, 5) is 16.9. The molecule has 1 N–H and O–H groups in total. The van der Waals surface area contributed by atoms with Gasteiger partial charge in [-0.2, -0.15) is 0 Å². The number of aryl methyl sites for hydroxylation is 1. The minimum absolute atomic E-state index is 0.314. The number of carbonyl (C=O) groups is 1. The van der Waals surface area contributed by atoms with E-state index in [0.717, 1.165) is 17.7 Å². The quantitative estimate of drug-likeness (QED) is 0.618. The second-order valence-corrected chi connectivity index (χ2v) is 7.48. The number of rotatable bonds is 8. The molecule has 1 aromatic carbocycles. The van der Waals surface area contributed by atoms with Crippen LogP contribution < -0.4 is 5.32 Å². The summed E-state index contributed by atoms with van der Waals surface area (Å²) in [6, 6.07) is 5.76. The Hall–Kier alpha value is -2.89. The number of hydrogen-bond acceptors (Lipinski definition) is 3. The highest BCUT2D eigenvalue weighted by molar-refractivity contribution is 5.70. The standard InChI is InChI=1S/C22H28FN3O2/c1-6-8-14-26-15-24-19(16-10-12-17(23)13-11-16)20(26)18(9-7-2)25-21(27)28-22(3,4)5/h6-7,10-13,15,18H,1-2,8-9,14H2,3-5H3,(H,25,27). The van der Waals surface area contributed by atoms with E-state index in [1.54, 1.807) is 24.5 Å². The summed E-state index contributed by atoms with van der Waals surface area (Å²) in [6.45, 7) is 13.7. The molecule has 0 aliphatic rings. The predicted molar refractivity (Wildman–Crippen MR) is 109 cm³/mol. The predicted octanol–water partition coefficient (Wildman–Crippen LogP) is 5.41. The van der Waals surface area contributed by atoms with Crippen molar-refractivity contribution in [3.05, 3.63) is 67.4 Å². The van der Waals surface area contributed by atoms with E-state index >= 15 is 0 Å². The monoisotopic (exact) mass is 385 g/mol. The van der Waals surface area contributed by atoms with Gasteiger partial charge >= 0.3 is 6.09 Å². The van der Waals surface area contributed by atoms with Gasteiger partial charge in [0.05, 0.1) is 23.8 Å². The molecule has 150 valence electrons. The first kappa shape index (κ1) is 21.4. The van der Waals surface area contributed by atoms with Crippen molar-refractivity contribution in [3.63, 3.8) is 0 Å². The molecule has 2 rings (SSSR count). The van der Waals surface area contributed by atoms with E-state index in [1.807, 2.05) is 31.4 Å². The Morgan fingerprint density at radius 1 is 1.29 bits per heavy atom. The fraction of sp³-hybridized carbons (Fsp3) is 0.364. The smallest absolute Gasteiger partial charge is 0.408 e. The summed E-state index contributed by atoms with van der Waals surface area (Å²) in [5.74, 6) is -0.314. The molecular formula is C22H28FN3O2. The topological polar surface area (TPSA) is 56.2 Å². The van der Waals surface area contributed by atoms with E-state index in [-0.39, 0.29) is 11.9 Å². The van der Waals surface area contributed by atoms with E-state index in [4.69, 9.17) is 4.74 Å². The second-order valence-electron chi connectivity index (χ2n) is 7.48. The van der Waals surface area contributed by atoms with E-state index in [2.05, 4.69) is 23.5 Å². The molecule has 0 fully saturated rings. The van der Waals surface area contributed by atoms with Crippen molar-refractivity contribution in [2.75, 3.05) is 0 Å². The van der Waals surface area contributed by atoms with Crippen LogP contribution >= 0.6 is 0 Å². The van der Waals surface area contributed by atoms with Crippen molar-refractivity contribution in [2.24, 2.45) is 0 Å². The van der Waals surface area contributed by atoms with Gasteiger partial charge in [0.1, 0.15) is 11.4 Å². The fourth-order valence-corrected chi connectivity index (χ4v) is 2.85. The summed E-state index contributed by atoms with van der Waals surface area (Å²) in [6.07, 6.45) is 6.02. The van der Waals surface area contributed by atoms with Crippen LogP contribution in [0.3, 0.4) is 0 Å². The van der Waals surface area contributed by atoms with Gasteiger partial charge in [0.2, 0.25) is 0 Å². The maximum atomic E-state index is 13.4. The number of nitrogens with zero attached hydrogens (tertiary/aromatic N) is 2. The highest BCUT2D eigenvalue weighted by Gasteiger charge is 2.25. The molecule has 1 atom stereocenters. The van der Waals surface area contributed by atoms with Gasteiger partial charge in [-0.15, -0.1) is 13.2 Å². The van der Waals surface area contributed by atoms with Gasteiger partial charge in [-0.25, -0.2) is 14.2 Å². The third-order valence-corrected chi connectivity index (χ3v) is 3.99. The van der Waals surface area contributed by atoms with Crippen LogP contribution in [0.4, 0.5) is 9.18 Å². The number of allylic oxidation sites excluding steroid dienone is 1. The highest BCUT2D eigenvalue weighted by Crippen LogP contribution is 2.30. The minimum Gasteiger partial charge on any atom is -0.444 e. The number of aromatic nitrogens is 2. The Kier molecular flexibility index (Phi) is 7.15. The van der Waals surface area contributed by atoms with E-state index in [1.165, 1.54) is 12.1 Å². The molecule has 0 spiro atoms. The Balaban J connectivity index is 2.44. The summed E-state index contributed by atoms with van der Waals surface area (Å²) in [5.41, 5.74) is 1.67. The zero-order valence-corrected chi connectivity index (χ0v) is 16.7. The Labute approximate surface area is 165 Å². The van der Waals surface area contributed by atoms with Crippen molar-refractivity contribution >= 4 is 6.09 Å². The maximum Gasteiger partial charge on any atom is 0.408 e. The third-order valence-electron chi connectivity index (χ3n) is 3.99. The third kappa shape index (κ3) is 5.81. The lowest BCUT2D eigenvalue weighted by Gasteiger charge is -2.24. The number of ether oxygens (including phenoxy) is 1. The van der Waals surface area contributed by atoms with Crippen LogP contribution in [0.25, 0.3) is 11.3 Å². The lowest BCUT2D eigenvalue weighted by molar-refractivity contribution is 0.0502. The molecular weight excluding hydrogens is 357 g/mol. The van der Waals surface area contributed by atoms with E-state index in [9.17, 15) is 9.18 Å². The average molecular weight is 385 g/mol. The van der Waals surface area contributed by atoms with Gasteiger partial charge in [0.15, 0.2) is 0 Å². The Morgan fingerprint density at radius 3 is 2.54 bits per heavy atom. The molecule has 0 aliphatic heterocycles. The van der Waals surface area contributed by atoms with Crippen molar-refractivity contribution in [1.82, 2.24) is 14.9 Å². The number of alkyl carbamates (subject to hydrolysis) is 1. The summed E-state index contributed by atoms with van der Waals surface area (Å²) in [7, 11) is 0. The SMILES string of the molecule is C=CCCn1cnc(-c2ccc(F)cc2)c1C(CC=C)NC(=O)OC(C)(C)C. The number of nitrogens with one attached hydrogen (secondary N) is 1. The van der Waals surface area contributed by atoms with Gasteiger partial charge in [-0.1, -0.05) is 12.2 Å². The first-order valence-corrected chi connectivity index (χ1v) is 9.27. The zero-order chi connectivity index (χ0) is 20.7. The van der Waals surface area contributed by atoms with Crippen LogP contribution in [0.2, 0.25) is 0 Å². The molecule has 1 unspecified atom stereocenters. The van der Waals surface area contributed by atoms with Crippen molar-refractivity contribution in [3.8, 4) is 11.3 Å². The van der Waals surface area contributed by atoms with Crippen molar-refractivity contribution in [1.29, 1.82) is 0 Å². The maximum absolute atomic E-state index is 13.4. The molecule has 1 amide bonds. The van der Waals surface area contributed by atoms with Crippen LogP contribution in [0.15, 0.2) is 55.9 Å². The summed E-state index contributed by atoms with van der Waals surface area (Å²) >= 11 is 0. The first-order valence-electron chi connectivity index (χ1n) is 9.27. The molecule has 28 heavy (non-hydrogen) atoms. The van der Waals surface area contributed by atoms with Gasteiger partial charge in [0, 0.05) is 12.1 Å². The molecule has 6 heteroatoms. The Bertz CT molecular complexity index is 819. The van der Waals surface area contributed by atoms with Crippen LogP contribution in [0.5, 0.6) is 0 Å². The highest BCUT2D eigenvalue weighted by atomic mass is 19.1. The number of benzene rings is 1. The van der Waals surface area contributed by atoms with Gasteiger partial charge < -0.3 is 14.6 Å². The van der Waals surface area contributed by atoms with Crippen molar-refractivity contribution < 1.29 is 13.9 Å². The minimum atomic E-state index is -0.605. The lowest BCUT2D eigenvalue weighted by Crippen LogP contribution is -2.35. The zero-order valence-electron chi connectivity index (χ0n) is 16.7. The van der Waals surface area contributed by atoms with Gasteiger partial charge in [-0.3, -0.25) is 0 Å². The molecule has 0 bridgehead atoms. The molecule has 0 saturated heterocycles. The lowest BCUT2D eigenvalue weighted by atomic mass is 10.0. The molecule has 0 aliphatic carbocycles. The number of amides is 1. The number of hydrogen-bond donors (Lipinski definition) is 1. The van der Waals surface area contributed by atoms with Crippen molar-refractivity contribution in [2.45, 2.75) is 51.8 Å². The van der Waals surface area contributed by atoms with Crippen LogP contribution in [-0.2, 0) is 11.3 Å². The molecule has 0 radical (unpaired) electrons. The first-order chi connectivity index (χ1) is 13.2. The molecule has 1 heterocycles. The normalized spacial score (nSPS) is 12.3. The molecule has 2 aromatic rings. The van der Waals surface area contributed by atoms with Crippen LogP contribution in [-0.4, -0.2) is 21.2 Å². The summed E-state index contributed by atoms with van der Waals surface area (Å²) in [5, 5.41) is 2.92. The van der Waals surface area contributed by atoms with Gasteiger partial charge in [0.25, 0.3) is 0 Å². The van der Waals surface area contributed by atoms with Crippen LogP contribution in [0.1, 0.15) is 45.3 Å². The summed E-state index contributed by atoms with van der Waals surface area (Å²) < 4.78 is 20.8. The average Bonchev–Trinajstić information content (AvgIpc) is 3.02. The van der Waals surface area contributed by atoms with E-state index in [0.29, 0.717) is 18.7 Å². The Morgan fingerprint density at radius 2 is 1.96 bits per heavy atom. The number of halogens is 1. The number of imidazole rings is 1. The van der Waals surface area contributed by atoms with Crippen LogP contribution in [0, 0.1) is 5.82 Å². The number of carbonyl (C=O) groups excluding carboxylic acids is 1. The fourth-order valence-electron chi connectivity index (χ4n) is 2.85. The molecule has 0 saturated carbocycles. The molecule has 1 aromatic heterocycles.